The maximum atomic E-state index is 12.2. The molecule has 0 saturated carbocycles. The zero-order chi connectivity index (χ0) is 20.7. The van der Waals surface area contributed by atoms with Crippen molar-refractivity contribution < 1.29 is 34.4 Å². The van der Waals surface area contributed by atoms with E-state index in [9.17, 15) is 24.9 Å². The summed E-state index contributed by atoms with van der Waals surface area (Å²) in [5.74, 6) is -0.865. The normalized spacial score (nSPS) is 28.4. The molecule has 28 heavy (non-hydrogen) atoms. The standard InChI is InChI=1S/C19H28N2O7/c1-11(8-13-6-4-3-5-7-13)20-15(24)10-27-18-16(21-12(2)23)19(26)28-14(9-22)17(18)25/h3-7,11,14,16-19,22,25-26H,8-10H2,1-2H3,(H,20,24)(H,21,23)/t11-,14+,16+,17+,18+,19?/m0/s1. The lowest BCUT2D eigenvalue weighted by atomic mass is 9.96. The van der Waals surface area contributed by atoms with Gasteiger partial charge < -0.3 is 35.4 Å². The topological polar surface area (TPSA) is 137 Å². The average Bonchev–Trinajstić information content (AvgIpc) is 2.64. The molecule has 2 rings (SSSR count). The van der Waals surface area contributed by atoms with Crippen molar-refractivity contribution in [1.82, 2.24) is 10.6 Å². The summed E-state index contributed by atoms with van der Waals surface area (Å²) in [4.78, 5) is 23.6. The van der Waals surface area contributed by atoms with Gasteiger partial charge in [0.15, 0.2) is 6.29 Å². The zero-order valence-corrected chi connectivity index (χ0v) is 15.9. The van der Waals surface area contributed by atoms with Crippen molar-refractivity contribution in [1.29, 1.82) is 0 Å². The smallest absolute Gasteiger partial charge is 0.246 e. The molecule has 6 atom stereocenters. The van der Waals surface area contributed by atoms with Crippen molar-refractivity contribution in [2.45, 2.75) is 57.0 Å². The molecule has 0 aliphatic carbocycles. The van der Waals surface area contributed by atoms with E-state index in [2.05, 4.69) is 10.6 Å². The van der Waals surface area contributed by atoms with Crippen molar-refractivity contribution in [2.24, 2.45) is 0 Å². The van der Waals surface area contributed by atoms with E-state index in [4.69, 9.17) is 9.47 Å². The second kappa shape index (κ2) is 10.5. The summed E-state index contributed by atoms with van der Waals surface area (Å²) in [5.41, 5.74) is 1.08. The highest BCUT2D eigenvalue weighted by Crippen LogP contribution is 2.22. The lowest BCUT2D eigenvalue weighted by molar-refractivity contribution is -0.261. The lowest BCUT2D eigenvalue weighted by Gasteiger charge is -2.42. The number of carbonyl (C=O) groups is 2. The Balaban J connectivity index is 1.92. The first-order chi connectivity index (χ1) is 13.3. The van der Waals surface area contributed by atoms with Crippen LogP contribution in [0.5, 0.6) is 0 Å². The van der Waals surface area contributed by atoms with Gasteiger partial charge in [0.2, 0.25) is 11.8 Å². The number of nitrogens with one attached hydrogen (secondary N) is 2. The van der Waals surface area contributed by atoms with Crippen LogP contribution in [0.4, 0.5) is 0 Å². The second-order valence-corrected chi connectivity index (χ2v) is 6.90. The summed E-state index contributed by atoms with van der Waals surface area (Å²) in [5, 5.41) is 34.9. The summed E-state index contributed by atoms with van der Waals surface area (Å²) in [6, 6.07) is 8.47. The van der Waals surface area contributed by atoms with Gasteiger partial charge in [-0.25, -0.2) is 0 Å². The number of hydrogen-bond acceptors (Lipinski definition) is 7. The van der Waals surface area contributed by atoms with Gasteiger partial charge in [-0.05, 0) is 18.9 Å². The van der Waals surface area contributed by atoms with E-state index >= 15 is 0 Å². The number of rotatable bonds is 8. The molecule has 1 aliphatic rings. The van der Waals surface area contributed by atoms with Crippen molar-refractivity contribution in [3.8, 4) is 0 Å². The summed E-state index contributed by atoms with van der Waals surface area (Å²) in [7, 11) is 0. The highest BCUT2D eigenvalue weighted by molar-refractivity contribution is 5.77. The summed E-state index contributed by atoms with van der Waals surface area (Å²) in [6.07, 6.45) is -4.40. The molecular weight excluding hydrogens is 368 g/mol. The molecule has 9 nitrogen and oxygen atoms in total. The van der Waals surface area contributed by atoms with Gasteiger partial charge in [0.05, 0.1) is 6.61 Å². The molecule has 2 amide bonds. The van der Waals surface area contributed by atoms with Crippen LogP contribution in [0.25, 0.3) is 0 Å². The Hall–Kier alpha value is -2.04. The molecule has 1 aromatic carbocycles. The maximum absolute atomic E-state index is 12.2. The number of aliphatic hydroxyl groups excluding tert-OH is 3. The first-order valence-corrected chi connectivity index (χ1v) is 9.16. The molecule has 9 heteroatoms. The van der Waals surface area contributed by atoms with Gasteiger partial charge in [0.1, 0.15) is 31.0 Å². The minimum absolute atomic E-state index is 0.139. The molecule has 1 unspecified atom stereocenters. The number of amides is 2. The Morgan fingerprint density at radius 3 is 2.54 bits per heavy atom. The number of hydrogen-bond donors (Lipinski definition) is 5. The van der Waals surface area contributed by atoms with Crippen molar-refractivity contribution in [3.63, 3.8) is 0 Å². The second-order valence-electron chi connectivity index (χ2n) is 6.90. The molecule has 0 aromatic heterocycles. The Kier molecular flexibility index (Phi) is 8.34. The molecule has 5 N–H and O–H groups in total. The van der Waals surface area contributed by atoms with Gasteiger partial charge >= 0.3 is 0 Å². The first kappa shape index (κ1) is 22.3. The SMILES string of the molecule is CC(=O)N[C@H]1C(O)O[C@H](CO)[C@@H](O)[C@@H]1OCC(=O)N[C@@H](C)Cc1ccccc1. The highest BCUT2D eigenvalue weighted by atomic mass is 16.6. The number of aliphatic hydroxyl groups is 3. The number of carbonyl (C=O) groups excluding carboxylic acids is 2. The molecule has 0 spiro atoms. The molecule has 1 saturated heterocycles. The fourth-order valence-corrected chi connectivity index (χ4v) is 3.18. The Labute approximate surface area is 163 Å². The van der Waals surface area contributed by atoms with Crippen molar-refractivity contribution in [2.75, 3.05) is 13.2 Å². The minimum Gasteiger partial charge on any atom is -0.394 e. The van der Waals surface area contributed by atoms with Crippen LogP contribution in [-0.4, -0.2) is 77.0 Å². The van der Waals surface area contributed by atoms with Gasteiger partial charge in [0, 0.05) is 13.0 Å². The van der Waals surface area contributed by atoms with E-state index in [0.717, 1.165) is 5.56 Å². The van der Waals surface area contributed by atoms with Gasteiger partial charge in [-0.3, -0.25) is 9.59 Å². The molecule has 1 aromatic rings. The molecular formula is C19H28N2O7. The van der Waals surface area contributed by atoms with Crippen LogP contribution in [-0.2, 0) is 25.5 Å². The summed E-state index contributed by atoms with van der Waals surface area (Å²) < 4.78 is 10.6. The van der Waals surface area contributed by atoms with E-state index in [0.29, 0.717) is 6.42 Å². The number of benzene rings is 1. The predicted octanol–water partition coefficient (Wildman–Crippen LogP) is -1.31. The third-order valence-electron chi connectivity index (χ3n) is 4.44. The zero-order valence-electron chi connectivity index (χ0n) is 15.9. The molecule has 1 fully saturated rings. The summed E-state index contributed by atoms with van der Waals surface area (Å²) >= 11 is 0. The summed E-state index contributed by atoms with van der Waals surface area (Å²) in [6.45, 7) is 2.17. The maximum Gasteiger partial charge on any atom is 0.246 e. The van der Waals surface area contributed by atoms with Crippen LogP contribution in [0, 0.1) is 0 Å². The Bertz CT molecular complexity index is 642. The van der Waals surface area contributed by atoms with Crippen molar-refractivity contribution in [3.05, 3.63) is 35.9 Å². The van der Waals surface area contributed by atoms with E-state index in [1.165, 1.54) is 6.92 Å². The van der Waals surface area contributed by atoms with E-state index in [1.54, 1.807) is 0 Å². The predicted molar refractivity (Wildman–Crippen MR) is 99.1 cm³/mol. The van der Waals surface area contributed by atoms with Crippen LogP contribution in [0.15, 0.2) is 30.3 Å². The highest BCUT2D eigenvalue weighted by Gasteiger charge is 2.45. The molecule has 0 bridgehead atoms. The van der Waals surface area contributed by atoms with Gasteiger partial charge in [0.25, 0.3) is 0 Å². The largest absolute Gasteiger partial charge is 0.394 e. The third kappa shape index (κ3) is 6.25. The monoisotopic (exact) mass is 396 g/mol. The van der Waals surface area contributed by atoms with Gasteiger partial charge in [-0.15, -0.1) is 0 Å². The van der Waals surface area contributed by atoms with E-state index in [-0.39, 0.29) is 12.6 Å². The van der Waals surface area contributed by atoms with Crippen LogP contribution >= 0.6 is 0 Å². The number of ether oxygens (including phenoxy) is 2. The Morgan fingerprint density at radius 2 is 1.93 bits per heavy atom. The van der Waals surface area contributed by atoms with Gasteiger partial charge in [-0.2, -0.15) is 0 Å². The molecule has 156 valence electrons. The van der Waals surface area contributed by atoms with E-state index < -0.39 is 49.1 Å². The van der Waals surface area contributed by atoms with Crippen LogP contribution < -0.4 is 10.6 Å². The average molecular weight is 396 g/mol. The third-order valence-corrected chi connectivity index (χ3v) is 4.44. The van der Waals surface area contributed by atoms with E-state index in [1.807, 2.05) is 37.3 Å². The molecule has 1 aliphatic heterocycles. The van der Waals surface area contributed by atoms with Crippen molar-refractivity contribution >= 4 is 11.8 Å². The van der Waals surface area contributed by atoms with Crippen LogP contribution in [0.3, 0.4) is 0 Å². The lowest BCUT2D eigenvalue weighted by Crippen LogP contribution is -2.65. The first-order valence-electron chi connectivity index (χ1n) is 9.16. The quantitative estimate of drug-likeness (QED) is 0.368. The fourth-order valence-electron chi connectivity index (χ4n) is 3.18. The molecule has 1 heterocycles. The van der Waals surface area contributed by atoms with Crippen LogP contribution in [0.2, 0.25) is 0 Å². The van der Waals surface area contributed by atoms with Gasteiger partial charge in [-0.1, -0.05) is 30.3 Å². The fraction of sp³-hybridized carbons (Fsp3) is 0.579. The molecule has 0 radical (unpaired) electrons. The minimum atomic E-state index is -1.49. The van der Waals surface area contributed by atoms with Crippen LogP contribution in [0.1, 0.15) is 19.4 Å². The Morgan fingerprint density at radius 1 is 1.25 bits per heavy atom.